The maximum Gasteiger partial charge on any atom is 0.145 e. The van der Waals surface area contributed by atoms with Crippen molar-refractivity contribution in [3.63, 3.8) is 0 Å². The van der Waals surface area contributed by atoms with Crippen LogP contribution >= 0.6 is 36.4 Å². The van der Waals surface area contributed by atoms with Gasteiger partial charge in [0.2, 0.25) is 0 Å². The molecule has 1 aromatic rings. The first-order valence-electron chi connectivity index (χ1n) is 5.73. The Morgan fingerprint density at radius 2 is 1.89 bits per heavy atom. The molecule has 110 valence electrons. The molecule has 0 radical (unpaired) electrons. The number of aromatic hydroxyl groups is 1. The molecule has 0 spiro atoms. The van der Waals surface area contributed by atoms with Crippen LogP contribution in [0.5, 0.6) is 5.75 Å². The minimum absolute atomic E-state index is 0. The third-order valence-corrected chi connectivity index (χ3v) is 3.61. The summed E-state index contributed by atoms with van der Waals surface area (Å²) in [6.07, 6.45) is 0. The van der Waals surface area contributed by atoms with Gasteiger partial charge in [0, 0.05) is 37.8 Å². The summed E-state index contributed by atoms with van der Waals surface area (Å²) in [5.74, 6) is -0.724. The average Bonchev–Trinajstić information content (AvgIpc) is 2.36. The molecule has 0 aliphatic carbocycles. The number of benzene rings is 1. The monoisotopic (exact) mass is 330 g/mol. The molecule has 1 aliphatic rings. The number of phenolic OH excluding ortho intramolecular Hbond substituents is 1. The van der Waals surface area contributed by atoms with E-state index in [2.05, 4.69) is 10.2 Å². The van der Waals surface area contributed by atoms with E-state index in [4.69, 9.17) is 11.6 Å². The van der Waals surface area contributed by atoms with Crippen LogP contribution in [0.2, 0.25) is 5.02 Å². The van der Waals surface area contributed by atoms with E-state index < -0.39 is 5.82 Å². The lowest BCUT2D eigenvalue weighted by atomic mass is 10.0. The smallest absolute Gasteiger partial charge is 0.145 e. The highest BCUT2D eigenvalue weighted by Gasteiger charge is 2.22. The van der Waals surface area contributed by atoms with Gasteiger partial charge in [-0.05, 0) is 13.0 Å². The third kappa shape index (κ3) is 4.10. The topological polar surface area (TPSA) is 35.5 Å². The summed E-state index contributed by atoms with van der Waals surface area (Å²) in [6, 6.07) is 2.94. The summed E-state index contributed by atoms with van der Waals surface area (Å²) in [6.45, 7) is 5.68. The maximum atomic E-state index is 13.1. The summed E-state index contributed by atoms with van der Waals surface area (Å²) < 4.78 is 13.1. The van der Waals surface area contributed by atoms with Crippen LogP contribution in [0, 0.1) is 5.82 Å². The number of halogens is 4. The van der Waals surface area contributed by atoms with Crippen molar-refractivity contribution in [2.75, 3.05) is 26.2 Å². The van der Waals surface area contributed by atoms with Crippen molar-refractivity contribution in [1.82, 2.24) is 10.2 Å². The molecule has 19 heavy (non-hydrogen) atoms. The summed E-state index contributed by atoms with van der Waals surface area (Å²) >= 11 is 5.71. The van der Waals surface area contributed by atoms with Gasteiger partial charge in [-0.15, -0.1) is 24.8 Å². The molecular formula is C12H18Cl3FN2O. The zero-order valence-electron chi connectivity index (χ0n) is 10.5. The molecule has 0 unspecified atom stereocenters. The summed E-state index contributed by atoms with van der Waals surface area (Å²) in [7, 11) is 0. The SMILES string of the molecule is C[C@@H](c1ccc(F)c(Cl)c1O)N1CCNCC1.Cl.Cl. The number of hydrogen-bond donors (Lipinski definition) is 2. The van der Waals surface area contributed by atoms with Crippen molar-refractivity contribution in [2.24, 2.45) is 0 Å². The van der Waals surface area contributed by atoms with Gasteiger partial charge in [-0.2, -0.15) is 0 Å². The van der Waals surface area contributed by atoms with Crippen molar-refractivity contribution in [2.45, 2.75) is 13.0 Å². The second kappa shape index (κ2) is 8.12. The Kier molecular flexibility index (Phi) is 8.01. The minimum atomic E-state index is -0.583. The minimum Gasteiger partial charge on any atom is -0.506 e. The number of rotatable bonds is 2. The molecule has 2 N–H and O–H groups in total. The van der Waals surface area contributed by atoms with Crippen LogP contribution < -0.4 is 5.32 Å². The quantitative estimate of drug-likeness (QED) is 0.874. The van der Waals surface area contributed by atoms with Crippen LogP contribution in [-0.2, 0) is 0 Å². The molecule has 1 atom stereocenters. The highest BCUT2D eigenvalue weighted by molar-refractivity contribution is 6.32. The lowest BCUT2D eigenvalue weighted by molar-refractivity contribution is 0.183. The highest BCUT2D eigenvalue weighted by Crippen LogP contribution is 2.35. The van der Waals surface area contributed by atoms with E-state index >= 15 is 0 Å². The Hall–Kier alpha value is -0.260. The number of nitrogens with one attached hydrogen (secondary N) is 1. The molecule has 1 aliphatic heterocycles. The zero-order valence-corrected chi connectivity index (χ0v) is 12.9. The number of phenols is 1. The molecule has 1 heterocycles. The van der Waals surface area contributed by atoms with Gasteiger partial charge < -0.3 is 10.4 Å². The van der Waals surface area contributed by atoms with Gasteiger partial charge in [-0.1, -0.05) is 17.7 Å². The predicted octanol–water partition coefficient (Wildman–Crippen LogP) is 2.99. The average molecular weight is 332 g/mol. The molecule has 0 saturated carbocycles. The van der Waals surface area contributed by atoms with E-state index in [0.29, 0.717) is 5.56 Å². The molecule has 0 bridgehead atoms. The second-order valence-corrected chi connectivity index (χ2v) is 4.64. The maximum absolute atomic E-state index is 13.1. The van der Waals surface area contributed by atoms with Crippen molar-refractivity contribution in [1.29, 1.82) is 0 Å². The number of hydrogen-bond acceptors (Lipinski definition) is 3. The first kappa shape index (κ1) is 18.7. The van der Waals surface area contributed by atoms with Gasteiger partial charge in [-0.25, -0.2) is 4.39 Å². The van der Waals surface area contributed by atoms with E-state index in [1.165, 1.54) is 6.07 Å². The molecule has 7 heteroatoms. The van der Waals surface area contributed by atoms with Crippen molar-refractivity contribution >= 4 is 36.4 Å². The third-order valence-electron chi connectivity index (χ3n) is 3.25. The first-order valence-corrected chi connectivity index (χ1v) is 6.10. The largest absolute Gasteiger partial charge is 0.506 e. The number of nitrogens with zero attached hydrogens (tertiary/aromatic N) is 1. The standard InChI is InChI=1S/C12H16ClFN2O.2ClH/c1-8(16-6-4-15-5-7-16)9-2-3-10(14)11(13)12(9)17;;/h2-3,8,15,17H,4-7H2,1H3;2*1H/t8-;;/m0../s1. The molecule has 2 rings (SSSR count). The van der Waals surface area contributed by atoms with Gasteiger partial charge in [0.25, 0.3) is 0 Å². The van der Waals surface area contributed by atoms with Crippen LogP contribution in [0.25, 0.3) is 0 Å². The fourth-order valence-corrected chi connectivity index (χ4v) is 2.33. The van der Waals surface area contributed by atoms with Crippen molar-refractivity contribution < 1.29 is 9.50 Å². The van der Waals surface area contributed by atoms with E-state index in [9.17, 15) is 9.50 Å². The molecule has 0 aromatic heterocycles. The molecule has 1 saturated heterocycles. The number of piperazine rings is 1. The second-order valence-electron chi connectivity index (χ2n) is 4.26. The Morgan fingerprint density at radius 3 is 2.47 bits per heavy atom. The van der Waals surface area contributed by atoms with Crippen LogP contribution in [0.4, 0.5) is 4.39 Å². The summed E-state index contributed by atoms with van der Waals surface area (Å²) in [5, 5.41) is 12.9. The molecular weight excluding hydrogens is 314 g/mol. The van der Waals surface area contributed by atoms with E-state index in [1.807, 2.05) is 6.92 Å². The lowest BCUT2D eigenvalue weighted by Gasteiger charge is -2.33. The fourth-order valence-electron chi connectivity index (χ4n) is 2.16. The predicted molar refractivity (Wildman–Crippen MR) is 80.4 cm³/mol. The van der Waals surface area contributed by atoms with Crippen molar-refractivity contribution in [3.05, 3.63) is 28.5 Å². The van der Waals surface area contributed by atoms with Gasteiger partial charge in [0.15, 0.2) is 0 Å². The summed E-state index contributed by atoms with van der Waals surface area (Å²) in [4.78, 5) is 2.24. The van der Waals surface area contributed by atoms with E-state index in [-0.39, 0.29) is 41.6 Å². The Morgan fingerprint density at radius 1 is 1.32 bits per heavy atom. The van der Waals surface area contributed by atoms with Crippen LogP contribution in [0.3, 0.4) is 0 Å². The van der Waals surface area contributed by atoms with E-state index in [1.54, 1.807) is 6.07 Å². The van der Waals surface area contributed by atoms with Crippen molar-refractivity contribution in [3.8, 4) is 5.75 Å². The van der Waals surface area contributed by atoms with Crippen LogP contribution in [0.15, 0.2) is 12.1 Å². The molecule has 3 nitrogen and oxygen atoms in total. The van der Waals surface area contributed by atoms with E-state index in [0.717, 1.165) is 26.2 Å². The Labute approximate surface area is 129 Å². The van der Waals surface area contributed by atoms with Crippen LogP contribution in [-0.4, -0.2) is 36.2 Å². The summed E-state index contributed by atoms with van der Waals surface area (Å²) in [5.41, 5.74) is 0.679. The zero-order chi connectivity index (χ0) is 12.4. The molecule has 1 aromatic carbocycles. The normalized spacial score (nSPS) is 17.2. The first-order chi connectivity index (χ1) is 8.11. The Balaban J connectivity index is 0.00000162. The Bertz CT molecular complexity index is 414. The van der Waals surface area contributed by atoms with Gasteiger partial charge in [0.1, 0.15) is 16.6 Å². The highest BCUT2D eigenvalue weighted by atomic mass is 35.5. The molecule has 0 amide bonds. The van der Waals surface area contributed by atoms with Gasteiger partial charge >= 0.3 is 0 Å². The lowest BCUT2D eigenvalue weighted by Crippen LogP contribution is -2.44. The molecule has 1 fully saturated rings. The fraction of sp³-hybridized carbons (Fsp3) is 0.500. The van der Waals surface area contributed by atoms with Gasteiger partial charge in [-0.3, -0.25) is 4.90 Å². The van der Waals surface area contributed by atoms with Crippen LogP contribution in [0.1, 0.15) is 18.5 Å². The van der Waals surface area contributed by atoms with Gasteiger partial charge in [0.05, 0.1) is 0 Å².